The third kappa shape index (κ3) is 4.64. The van der Waals surface area contributed by atoms with Crippen molar-refractivity contribution in [3.05, 3.63) is 0 Å². The van der Waals surface area contributed by atoms with E-state index in [1.54, 1.807) is 4.90 Å². The summed E-state index contributed by atoms with van der Waals surface area (Å²) in [4.78, 5) is 44.7. The summed E-state index contributed by atoms with van der Waals surface area (Å²) in [6, 6.07) is 0.568. The molecule has 6 fully saturated rings. The lowest BCUT2D eigenvalue weighted by atomic mass is 9.47. The molecule has 6 heteroatoms. The molecule has 1 heterocycles. The standard InChI is InChI=1S/C33H53N3O3/c1-32-20-18-26-24(14-17-28-33(26,2)21-19-29(37)35(28)3)25(32)15-16-27(32)30(38)36(23-12-8-5-9-13-23)31(39)34-22-10-6-4-7-11-22/h22-28H,4-21H2,1-3H3,(H,34,39)/t24?,25?,26?,27?,28-,32+,33-/m1/s1. The molecule has 1 aliphatic heterocycles. The maximum atomic E-state index is 14.5. The molecule has 5 aliphatic carbocycles. The molecule has 6 aliphatic rings. The zero-order valence-electron chi connectivity index (χ0n) is 24.9. The Morgan fingerprint density at radius 1 is 0.795 bits per heavy atom. The Morgan fingerprint density at radius 3 is 2.18 bits per heavy atom. The first kappa shape index (κ1) is 27.6. The number of piperidine rings is 1. The minimum atomic E-state index is -0.0949. The predicted octanol–water partition coefficient (Wildman–Crippen LogP) is 6.67. The number of amides is 4. The van der Waals surface area contributed by atoms with Gasteiger partial charge < -0.3 is 10.2 Å². The molecule has 6 nitrogen and oxygen atoms in total. The van der Waals surface area contributed by atoms with Crippen molar-refractivity contribution in [2.24, 2.45) is 34.5 Å². The van der Waals surface area contributed by atoms with Gasteiger partial charge in [0.15, 0.2) is 0 Å². The van der Waals surface area contributed by atoms with E-state index in [4.69, 9.17) is 0 Å². The topological polar surface area (TPSA) is 69.7 Å². The maximum Gasteiger partial charge on any atom is 0.324 e. The lowest BCUT2D eigenvalue weighted by Gasteiger charge is -2.61. The summed E-state index contributed by atoms with van der Waals surface area (Å²) in [5.74, 6) is 2.26. The van der Waals surface area contributed by atoms with Crippen LogP contribution in [0.2, 0.25) is 0 Å². The number of nitrogens with one attached hydrogen (secondary N) is 1. The van der Waals surface area contributed by atoms with Crippen molar-refractivity contribution in [3.63, 3.8) is 0 Å². The van der Waals surface area contributed by atoms with Crippen LogP contribution >= 0.6 is 0 Å². The van der Waals surface area contributed by atoms with Gasteiger partial charge in [0, 0.05) is 37.5 Å². The van der Waals surface area contributed by atoms with Gasteiger partial charge >= 0.3 is 6.03 Å². The lowest BCUT2D eigenvalue weighted by molar-refractivity contribution is -0.161. The number of imide groups is 1. The number of carbonyl (C=O) groups is 3. The summed E-state index contributed by atoms with van der Waals surface area (Å²) in [5, 5.41) is 3.33. The van der Waals surface area contributed by atoms with Crippen LogP contribution in [0.5, 0.6) is 0 Å². The molecule has 0 aromatic rings. The van der Waals surface area contributed by atoms with Gasteiger partial charge in [-0.2, -0.15) is 0 Å². The second kappa shape index (κ2) is 10.7. The third-order valence-corrected chi connectivity index (χ3v) is 13.2. The van der Waals surface area contributed by atoms with Crippen molar-refractivity contribution in [1.82, 2.24) is 15.1 Å². The van der Waals surface area contributed by atoms with E-state index < -0.39 is 0 Å². The molecule has 0 aromatic heterocycles. The summed E-state index contributed by atoms with van der Waals surface area (Å²) in [6.07, 6.45) is 19.4. The zero-order chi connectivity index (χ0) is 27.4. The van der Waals surface area contributed by atoms with E-state index in [0.717, 1.165) is 77.0 Å². The van der Waals surface area contributed by atoms with Gasteiger partial charge in [-0.25, -0.2) is 4.79 Å². The zero-order valence-corrected chi connectivity index (χ0v) is 24.9. The summed E-state index contributed by atoms with van der Waals surface area (Å²) in [7, 11) is 2.03. The largest absolute Gasteiger partial charge is 0.342 e. The van der Waals surface area contributed by atoms with Crippen LogP contribution in [0.4, 0.5) is 4.79 Å². The molecule has 39 heavy (non-hydrogen) atoms. The summed E-state index contributed by atoms with van der Waals surface area (Å²) in [6.45, 7) is 4.88. The van der Waals surface area contributed by atoms with Gasteiger partial charge in [0.25, 0.3) is 0 Å². The minimum absolute atomic E-state index is 0.0180. The van der Waals surface area contributed by atoms with Gasteiger partial charge in [-0.05, 0) is 99.2 Å². The van der Waals surface area contributed by atoms with Crippen molar-refractivity contribution in [3.8, 4) is 0 Å². The molecule has 4 amide bonds. The SMILES string of the molecule is CN1C(=O)CC[C@]2(C)C3CC[C@]4(C)C(C(=O)N(C(=O)NC5CCCCC5)C5CCCCC5)CCC4C3CC[C@@H]12. The average Bonchev–Trinajstić information content (AvgIpc) is 3.29. The van der Waals surface area contributed by atoms with Crippen LogP contribution in [0.25, 0.3) is 0 Å². The molecule has 7 atom stereocenters. The van der Waals surface area contributed by atoms with Crippen LogP contribution in [-0.2, 0) is 9.59 Å². The number of rotatable bonds is 3. The van der Waals surface area contributed by atoms with Crippen molar-refractivity contribution in [1.29, 1.82) is 0 Å². The Morgan fingerprint density at radius 2 is 1.46 bits per heavy atom. The highest BCUT2D eigenvalue weighted by Gasteiger charge is 2.62. The van der Waals surface area contributed by atoms with Crippen LogP contribution in [0.3, 0.4) is 0 Å². The molecule has 4 unspecified atom stereocenters. The van der Waals surface area contributed by atoms with E-state index in [1.807, 2.05) is 7.05 Å². The lowest BCUT2D eigenvalue weighted by Crippen LogP contribution is -2.62. The van der Waals surface area contributed by atoms with Gasteiger partial charge in [0.1, 0.15) is 0 Å². The molecule has 0 spiro atoms. The highest BCUT2D eigenvalue weighted by molar-refractivity contribution is 5.96. The number of fused-ring (bicyclic) bond motifs is 5. The fraction of sp³-hybridized carbons (Fsp3) is 0.909. The second-order valence-electron chi connectivity index (χ2n) is 14.9. The molecule has 5 saturated carbocycles. The fourth-order valence-electron chi connectivity index (χ4n) is 11.0. The molecule has 0 radical (unpaired) electrons. The monoisotopic (exact) mass is 539 g/mol. The van der Waals surface area contributed by atoms with E-state index in [-0.39, 0.29) is 40.8 Å². The van der Waals surface area contributed by atoms with Crippen LogP contribution < -0.4 is 5.32 Å². The number of hydrogen-bond donors (Lipinski definition) is 1. The third-order valence-electron chi connectivity index (χ3n) is 13.2. The summed E-state index contributed by atoms with van der Waals surface area (Å²) in [5.41, 5.74) is 0.179. The Labute approximate surface area is 236 Å². The van der Waals surface area contributed by atoms with E-state index in [2.05, 4.69) is 24.1 Å². The van der Waals surface area contributed by atoms with E-state index in [9.17, 15) is 14.4 Å². The van der Waals surface area contributed by atoms with Gasteiger partial charge in [-0.15, -0.1) is 0 Å². The number of nitrogens with zero attached hydrogens (tertiary/aromatic N) is 2. The van der Waals surface area contributed by atoms with E-state index in [1.165, 1.54) is 32.1 Å². The molecule has 1 saturated heterocycles. The van der Waals surface area contributed by atoms with Crippen molar-refractivity contribution >= 4 is 17.8 Å². The second-order valence-corrected chi connectivity index (χ2v) is 14.9. The first-order valence-electron chi connectivity index (χ1n) is 16.6. The smallest absolute Gasteiger partial charge is 0.324 e. The predicted molar refractivity (Wildman–Crippen MR) is 153 cm³/mol. The van der Waals surface area contributed by atoms with Gasteiger partial charge in [0.05, 0.1) is 0 Å². The Balaban J connectivity index is 1.22. The van der Waals surface area contributed by atoms with Crippen LogP contribution in [0, 0.1) is 34.5 Å². The molecule has 6 rings (SSSR count). The number of urea groups is 1. The summed E-state index contributed by atoms with van der Waals surface area (Å²) >= 11 is 0. The van der Waals surface area contributed by atoms with Crippen LogP contribution in [-0.4, -0.2) is 52.8 Å². The van der Waals surface area contributed by atoms with Gasteiger partial charge in [-0.3, -0.25) is 14.5 Å². The van der Waals surface area contributed by atoms with Gasteiger partial charge in [-0.1, -0.05) is 52.4 Å². The fourth-order valence-corrected chi connectivity index (χ4v) is 11.0. The maximum absolute atomic E-state index is 14.5. The van der Waals surface area contributed by atoms with E-state index in [0.29, 0.717) is 36.1 Å². The molecule has 1 N–H and O–H groups in total. The highest BCUT2D eigenvalue weighted by Crippen LogP contribution is 2.66. The van der Waals surface area contributed by atoms with Crippen LogP contribution in [0.15, 0.2) is 0 Å². The van der Waals surface area contributed by atoms with Crippen molar-refractivity contribution in [2.45, 2.75) is 148 Å². The molecular weight excluding hydrogens is 486 g/mol. The molecule has 218 valence electrons. The Kier molecular flexibility index (Phi) is 7.54. The summed E-state index contributed by atoms with van der Waals surface area (Å²) < 4.78 is 0. The number of hydrogen-bond acceptors (Lipinski definition) is 3. The normalized spacial score (nSPS) is 41.4. The van der Waals surface area contributed by atoms with Crippen LogP contribution in [0.1, 0.15) is 129 Å². The Bertz CT molecular complexity index is 956. The molecule has 0 aromatic carbocycles. The highest BCUT2D eigenvalue weighted by atomic mass is 16.2. The number of carbonyl (C=O) groups excluding carboxylic acids is 3. The average molecular weight is 540 g/mol. The van der Waals surface area contributed by atoms with E-state index >= 15 is 0 Å². The Hall–Kier alpha value is -1.59. The minimum Gasteiger partial charge on any atom is -0.342 e. The first-order chi connectivity index (χ1) is 18.7. The first-order valence-corrected chi connectivity index (χ1v) is 16.6. The van der Waals surface area contributed by atoms with Gasteiger partial charge in [0.2, 0.25) is 11.8 Å². The molecular formula is C33H53N3O3. The number of likely N-dealkylation sites (tertiary alicyclic amines) is 1. The van der Waals surface area contributed by atoms with Crippen molar-refractivity contribution in [2.75, 3.05) is 7.05 Å². The molecule has 0 bridgehead atoms. The quantitative estimate of drug-likeness (QED) is 0.435. The van der Waals surface area contributed by atoms with Crippen molar-refractivity contribution < 1.29 is 14.4 Å².